The lowest BCUT2D eigenvalue weighted by Gasteiger charge is -2.38. The summed E-state index contributed by atoms with van der Waals surface area (Å²) in [5.41, 5.74) is 3.97. The fraction of sp³-hybridized carbons (Fsp3) is 0.435. The molecule has 0 bridgehead atoms. The average molecular weight is 382 g/mol. The molecular formula is C23H25O3S-. The number of hydrogen-bond acceptors (Lipinski definition) is 4. The van der Waals surface area contributed by atoms with E-state index in [-0.39, 0.29) is 11.8 Å². The molecule has 3 nitrogen and oxygen atoms in total. The number of aryl methyl sites for hydroxylation is 1. The van der Waals surface area contributed by atoms with Crippen LogP contribution < -0.4 is 5.11 Å². The number of fused-ring (bicyclic) bond motifs is 1. The van der Waals surface area contributed by atoms with Crippen molar-refractivity contribution in [2.24, 2.45) is 0 Å². The molecule has 0 atom stereocenters. The average Bonchev–Trinajstić information content (AvgIpc) is 3.11. The number of carbonyl (C=O) groups is 1. The molecular weight excluding hydrogens is 356 g/mol. The van der Waals surface area contributed by atoms with E-state index in [1.54, 1.807) is 12.1 Å². The maximum atomic E-state index is 10.7. The van der Waals surface area contributed by atoms with Crippen LogP contribution in [0.4, 0.5) is 0 Å². The summed E-state index contributed by atoms with van der Waals surface area (Å²) in [7, 11) is 0. The van der Waals surface area contributed by atoms with Gasteiger partial charge in [-0.1, -0.05) is 26.7 Å². The fourth-order valence-electron chi connectivity index (χ4n) is 3.85. The first kappa shape index (κ1) is 19.6. The van der Waals surface area contributed by atoms with Crippen molar-refractivity contribution in [1.29, 1.82) is 0 Å². The Hall–Kier alpha value is -2.12. The largest absolute Gasteiger partial charge is 0.550 e. The number of thioether (sulfide) groups is 1. The molecule has 0 radical (unpaired) electrons. The molecule has 2 aromatic rings. The lowest BCUT2D eigenvalue weighted by molar-refractivity contribution is -0.305. The Morgan fingerprint density at radius 3 is 2.67 bits per heavy atom. The van der Waals surface area contributed by atoms with Crippen molar-refractivity contribution < 1.29 is 14.3 Å². The van der Waals surface area contributed by atoms with E-state index in [1.165, 1.54) is 28.2 Å². The number of carboxylic acid groups (broad SMARTS) is 1. The Balaban J connectivity index is 1.99. The van der Waals surface area contributed by atoms with Crippen LogP contribution in [0.25, 0.3) is 0 Å². The minimum Gasteiger partial charge on any atom is -0.550 e. The summed E-state index contributed by atoms with van der Waals surface area (Å²) in [5, 5.41) is 10.7. The van der Waals surface area contributed by atoms with Gasteiger partial charge in [0.25, 0.3) is 0 Å². The van der Waals surface area contributed by atoms with E-state index in [2.05, 4.69) is 44.7 Å². The molecule has 0 saturated carbocycles. The Labute approximate surface area is 165 Å². The molecule has 0 amide bonds. The van der Waals surface area contributed by atoms with E-state index in [9.17, 15) is 9.90 Å². The van der Waals surface area contributed by atoms with Crippen molar-refractivity contribution in [3.8, 4) is 11.8 Å². The first-order chi connectivity index (χ1) is 13.0. The molecule has 3 rings (SSSR count). The first-order valence-corrected chi connectivity index (χ1v) is 10.6. The van der Waals surface area contributed by atoms with Crippen LogP contribution in [0.5, 0.6) is 0 Å². The Bertz CT molecular complexity index is 894. The summed E-state index contributed by atoms with van der Waals surface area (Å²) < 4.78 is 5.49. The number of carboxylic acids is 1. The number of rotatable bonds is 5. The number of carbonyl (C=O) groups excluding carboxylic acids is 1. The third-order valence-corrected chi connectivity index (χ3v) is 6.71. The van der Waals surface area contributed by atoms with Gasteiger partial charge in [0.2, 0.25) is 0 Å². The van der Waals surface area contributed by atoms with Crippen molar-refractivity contribution in [2.45, 2.75) is 63.2 Å². The maximum absolute atomic E-state index is 10.7. The van der Waals surface area contributed by atoms with Gasteiger partial charge in [-0.3, -0.25) is 0 Å². The molecule has 0 aliphatic carbocycles. The first-order valence-electron chi connectivity index (χ1n) is 9.62. The molecule has 1 aliphatic rings. The van der Waals surface area contributed by atoms with Crippen molar-refractivity contribution in [2.75, 3.05) is 5.75 Å². The zero-order chi connectivity index (χ0) is 19.4. The predicted molar refractivity (Wildman–Crippen MR) is 107 cm³/mol. The van der Waals surface area contributed by atoms with Gasteiger partial charge in [0.05, 0.1) is 0 Å². The highest BCUT2D eigenvalue weighted by Gasteiger charge is 2.34. The minimum absolute atomic E-state index is 0.229. The van der Waals surface area contributed by atoms with Crippen LogP contribution in [0.2, 0.25) is 0 Å². The summed E-state index contributed by atoms with van der Waals surface area (Å²) in [6, 6.07) is 7.95. The van der Waals surface area contributed by atoms with Crippen LogP contribution in [0.1, 0.15) is 68.2 Å². The summed E-state index contributed by atoms with van der Waals surface area (Å²) in [4.78, 5) is 12.1. The Kier molecular flexibility index (Phi) is 6.01. The van der Waals surface area contributed by atoms with E-state index >= 15 is 0 Å². The maximum Gasteiger partial charge on any atom is 0.177 e. The highest BCUT2D eigenvalue weighted by molar-refractivity contribution is 7.99. The van der Waals surface area contributed by atoms with E-state index in [4.69, 9.17) is 4.42 Å². The second-order valence-electron chi connectivity index (χ2n) is 7.01. The smallest absolute Gasteiger partial charge is 0.177 e. The third kappa shape index (κ3) is 4.09. The standard InChI is InChI=1S/C23H26O3S/c1-4-16-14-21-20(23(5-2,6-3)11-12-27-21)13-17(16)7-8-18-9-10-19(26-18)15-22(24)25/h9-10,13-14H,4-6,11-12,15H2,1-3H3,(H,24,25)/p-1. The van der Waals surface area contributed by atoms with Gasteiger partial charge in [-0.2, -0.15) is 0 Å². The van der Waals surface area contributed by atoms with Gasteiger partial charge in [0.15, 0.2) is 5.76 Å². The minimum atomic E-state index is -1.15. The van der Waals surface area contributed by atoms with E-state index in [0.717, 1.165) is 24.8 Å². The zero-order valence-corrected chi connectivity index (χ0v) is 17.0. The summed E-state index contributed by atoms with van der Waals surface area (Å²) in [6.45, 7) is 6.71. The number of hydrogen-bond donors (Lipinski definition) is 0. The van der Waals surface area contributed by atoms with Gasteiger partial charge in [0.1, 0.15) is 5.76 Å². The van der Waals surface area contributed by atoms with Crippen LogP contribution in [0.3, 0.4) is 0 Å². The third-order valence-electron chi connectivity index (χ3n) is 5.65. The molecule has 1 aromatic carbocycles. The van der Waals surface area contributed by atoms with Gasteiger partial charge in [-0.15, -0.1) is 11.8 Å². The lowest BCUT2D eigenvalue weighted by atomic mass is 9.72. The SMILES string of the molecule is CCc1cc2c(cc1C#Cc1ccc(CC(=O)[O-])o1)C(CC)(CC)CCS2. The van der Waals surface area contributed by atoms with Crippen LogP contribution >= 0.6 is 11.8 Å². The monoisotopic (exact) mass is 381 g/mol. The molecule has 2 heterocycles. The quantitative estimate of drug-likeness (QED) is 0.732. The molecule has 0 fully saturated rings. The number of aliphatic carboxylic acids is 1. The fourth-order valence-corrected chi connectivity index (χ4v) is 5.22. The second kappa shape index (κ2) is 8.27. The predicted octanol–water partition coefficient (Wildman–Crippen LogP) is 4.09. The van der Waals surface area contributed by atoms with Crippen LogP contribution in [-0.4, -0.2) is 11.7 Å². The second-order valence-corrected chi connectivity index (χ2v) is 8.15. The molecule has 0 saturated heterocycles. The lowest BCUT2D eigenvalue weighted by Crippen LogP contribution is -2.29. The van der Waals surface area contributed by atoms with Crippen molar-refractivity contribution >= 4 is 17.7 Å². The number of furan rings is 1. The van der Waals surface area contributed by atoms with Crippen LogP contribution in [0.15, 0.2) is 33.6 Å². The summed E-state index contributed by atoms with van der Waals surface area (Å²) in [6.07, 6.45) is 4.19. The van der Waals surface area contributed by atoms with Gasteiger partial charge in [-0.25, -0.2) is 0 Å². The molecule has 142 valence electrons. The van der Waals surface area contributed by atoms with Crippen molar-refractivity contribution in [3.05, 3.63) is 52.5 Å². The van der Waals surface area contributed by atoms with E-state index < -0.39 is 5.97 Å². The molecule has 0 spiro atoms. The van der Waals surface area contributed by atoms with Crippen LogP contribution in [0, 0.1) is 11.8 Å². The molecule has 1 aliphatic heterocycles. The zero-order valence-electron chi connectivity index (χ0n) is 16.2. The normalized spacial score (nSPS) is 14.9. The molecule has 0 N–H and O–H groups in total. The topological polar surface area (TPSA) is 53.3 Å². The van der Waals surface area contributed by atoms with Gasteiger partial charge in [-0.05, 0) is 78.2 Å². The van der Waals surface area contributed by atoms with Crippen molar-refractivity contribution in [1.82, 2.24) is 0 Å². The Morgan fingerprint density at radius 2 is 2.00 bits per heavy atom. The van der Waals surface area contributed by atoms with Gasteiger partial charge >= 0.3 is 0 Å². The molecule has 1 aromatic heterocycles. The van der Waals surface area contributed by atoms with E-state index in [0.29, 0.717) is 11.5 Å². The summed E-state index contributed by atoms with van der Waals surface area (Å²) in [5.74, 6) is 7.21. The highest BCUT2D eigenvalue weighted by Crippen LogP contribution is 2.46. The summed E-state index contributed by atoms with van der Waals surface area (Å²) >= 11 is 1.96. The van der Waals surface area contributed by atoms with E-state index in [1.807, 2.05) is 11.8 Å². The molecule has 0 unspecified atom stereocenters. The van der Waals surface area contributed by atoms with Crippen molar-refractivity contribution in [3.63, 3.8) is 0 Å². The molecule has 4 heteroatoms. The highest BCUT2D eigenvalue weighted by atomic mass is 32.2. The van der Waals surface area contributed by atoms with Gasteiger partial charge < -0.3 is 14.3 Å². The van der Waals surface area contributed by atoms with Gasteiger partial charge in [0, 0.05) is 22.8 Å². The molecule has 27 heavy (non-hydrogen) atoms. The van der Waals surface area contributed by atoms with Crippen LogP contribution in [-0.2, 0) is 23.1 Å². The Morgan fingerprint density at radius 1 is 1.22 bits per heavy atom. The number of benzene rings is 1.